The van der Waals surface area contributed by atoms with Gasteiger partial charge in [-0.3, -0.25) is 0 Å². The lowest BCUT2D eigenvalue weighted by Gasteiger charge is -2.16. The molecule has 1 fully saturated rings. The van der Waals surface area contributed by atoms with E-state index in [2.05, 4.69) is 14.9 Å². The highest BCUT2D eigenvalue weighted by atomic mass is 32.2. The quantitative estimate of drug-likeness (QED) is 0.719. The van der Waals surface area contributed by atoms with Crippen LogP contribution in [0.15, 0.2) is 29.2 Å². The minimum Gasteiger partial charge on any atom is -0.313 e. The molecule has 0 bridgehead atoms. The maximum atomic E-state index is 12.4. The maximum absolute atomic E-state index is 12.4. The number of likely N-dealkylation sites (N-methyl/N-ethyl adjacent to an activating group) is 1. The van der Waals surface area contributed by atoms with Gasteiger partial charge >= 0.3 is 0 Å². The van der Waals surface area contributed by atoms with Crippen LogP contribution in [0.3, 0.4) is 0 Å². The molecule has 1 saturated carbocycles. The molecule has 2 rings (SSSR count). The van der Waals surface area contributed by atoms with Gasteiger partial charge in [0, 0.05) is 25.7 Å². The molecule has 0 atom stereocenters. The molecule has 0 saturated heterocycles. The highest BCUT2D eigenvalue weighted by molar-refractivity contribution is 7.89. The molecule has 0 aliphatic heterocycles. The summed E-state index contributed by atoms with van der Waals surface area (Å²) in [6.45, 7) is 4.58. The van der Waals surface area contributed by atoms with Crippen molar-refractivity contribution in [2.75, 3.05) is 26.7 Å². The summed E-state index contributed by atoms with van der Waals surface area (Å²) < 4.78 is 27.6. The van der Waals surface area contributed by atoms with Crippen LogP contribution < -0.4 is 10.0 Å². The summed E-state index contributed by atoms with van der Waals surface area (Å²) in [4.78, 5) is 2.59. The van der Waals surface area contributed by atoms with Crippen molar-refractivity contribution in [3.63, 3.8) is 0 Å². The highest BCUT2D eigenvalue weighted by Crippen LogP contribution is 2.24. The molecule has 0 heterocycles. The number of sulfonamides is 1. The lowest BCUT2D eigenvalue weighted by atomic mass is 10.2. The van der Waals surface area contributed by atoms with Gasteiger partial charge in [-0.25, -0.2) is 13.1 Å². The van der Waals surface area contributed by atoms with E-state index in [4.69, 9.17) is 0 Å². The Kier molecular flexibility index (Phi) is 5.75. The minimum atomic E-state index is -3.44. The Hall–Kier alpha value is -0.950. The molecular formula is C15H25N3O2S. The van der Waals surface area contributed by atoms with Crippen LogP contribution in [0.2, 0.25) is 0 Å². The summed E-state index contributed by atoms with van der Waals surface area (Å²) in [6, 6.07) is 7.80. The van der Waals surface area contributed by atoms with Crippen LogP contribution in [0.1, 0.15) is 25.3 Å². The minimum absolute atomic E-state index is 0.375. The van der Waals surface area contributed by atoms with E-state index in [-0.39, 0.29) is 0 Å². The number of nitrogens with zero attached hydrogens (tertiary/aromatic N) is 1. The summed E-state index contributed by atoms with van der Waals surface area (Å²) in [5.41, 5.74) is 0.808. The van der Waals surface area contributed by atoms with Crippen molar-refractivity contribution in [2.45, 2.75) is 37.2 Å². The molecule has 6 heteroatoms. The van der Waals surface area contributed by atoms with Crippen molar-refractivity contribution in [3.05, 3.63) is 29.8 Å². The Bertz CT molecular complexity index is 556. The standard InChI is InChI=1S/C15H25N3O2S/c1-3-16-12-13-6-4-5-7-15(13)21(19,20)17-10-11-18(2)14-8-9-14/h4-7,14,16-17H,3,8-12H2,1-2H3. The molecule has 5 nitrogen and oxygen atoms in total. The van der Waals surface area contributed by atoms with Gasteiger partial charge in [0.05, 0.1) is 4.90 Å². The van der Waals surface area contributed by atoms with Gasteiger partial charge in [-0.05, 0) is 38.1 Å². The van der Waals surface area contributed by atoms with Crippen LogP contribution in [0.5, 0.6) is 0 Å². The van der Waals surface area contributed by atoms with Gasteiger partial charge < -0.3 is 10.2 Å². The van der Waals surface area contributed by atoms with Crippen molar-refractivity contribution in [3.8, 4) is 0 Å². The van der Waals surface area contributed by atoms with Gasteiger partial charge in [0.15, 0.2) is 0 Å². The third-order valence-electron chi connectivity index (χ3n) is 3.75. The first-order valence-electron chi connectivity index (χ1n) is 7.53. The van der Waals surface area contributed by atoms with Crippen LogP contribution in [0.4, 0.5) is 0 Å². The second kappa shape index (κ2) is 7.35. The van der Waals surface area contributed by atoms with Crippen molar-refractivity contribution in [1.29, 1.82) is 0 Å². The molecule has 2 N–H and O–H groups in total. The SMILES string of the molecule is CCNCc1ccccc1S(=O)(=O)NCCN(C)C1CC1. The first-order valence-corrected chi connectivity index (χ1v) is 9.01. The molecule has 1 aliphatic rings. The van der Waals surface area contributed by atoms with E-state index in [9.17, 15) is 8.42 Å². The zero-order valence-electron chi connectivity index (χ0n) is 12.8. The van der Waals surface area contributed by atoms with Crippen LogP contribution >= 0.6 is 0 Å². The summed E-state index contributed by atoms with van der Waals surface area (Å²) in [6.07, 6.45) is 2.46. The maximum Gasteiger partial charge on any atom is 0.240 e. The van der Waals surface area contributed by atoms with E-state index in [1.807, 2.05) is 26.1 Å². The normalized spacial score (nSPS) is 15.6. The van der Waals surface area contributed by atoms with Crippen molar-refractivity contribution >= 4 is 10.0 Å². The van der Waals surface area contributed by atoms with Crippen molar-refractivity contribution in [2.24, 2.45) is 0 Å². The molecule has 0 unspecified atom stereocenters. The molecule has 21 heavy (non-hydrogen) atoms. The number of hydrogen-bond donors (Lipinski definition) is 2. The zero-order chi connectivity index (χ0) is 15.3. The molecule has 1 aromatic rings. The predicted molar refractivity (Wildman–Crippen MR) is 84.7 cm³/mol. The zero-order valence-corrected chi connectivity index (χ0v) is 13.6. The van der Waals surface area contributed by atoms with Gasteiger partial charge in [-0.15, -0.1) is 0 Å². The fourth-order valence-electron chi connectivity index (χ4n) is 2.30. The summed E-state index contributed by atoms with van der Waals surface area (Å²) in [5.74, 6) is 0. The Morgan fingerprint density at radius 2 is 2.00 bits per heavy atom. The second-order valence-electron chi connectivity index (χ2n) is 5.50. The van der Waals surface area contributed by atoms with E-state index < -0.39 is 10.0 Å². The fourth-order valence-corrected chi connectivity index (χ4v) is 3.56. The molecule has 0 aromatic heterocycles. The van der Waals surface area contributed by atoms with Gasteiger partial charge in [0.1, 0.15) is 0 Å². The van der Waals surface area contributed by atoms with Gasteiger partial charge in [-0.2, -0.15) is 0 Å². The number of nitrogens with one attached hydrogen (secondary N) is 2. The Morgan fingerprint density at radius 3 is 2.67 bits per heavy atom. The first-order chi connectivity index (χ1) is 10.0. The molecule has 118 valence electrons. The first kappa shape index (κ1) is 16.4. The highest BCUT2D eigenvalue weighted by Gasteiger charge is 2.26. The largest absolute Gasteiger partial charge is 0.313 e. The van der Waals surface area contributed by atoms with E-state index in [0.29, 0.717) is 24.0 Å². The fraction of sp³-hybridized carbons (Fsp3) is 0.600. The summed E-state index contributed by atoms with van der Waals surface area (Å²) in [5, 5.41) is 3.17. The third kappa shape index (κ3) is 4.78. The van der Waals surface area contributed by atoms with Crippen molar-refractivity contribution < 1.29 is 8.42 Å². The molecule has 0 radical (unpaired) electrons. The van der Waals surface area contributed by atoms with Crippen molar-refractivity contribution in [1.82, 2.24) is 14.9 Å². The lowest BCUT2D eigenvalue weighted by Crippen LogP contribution is -2.34. The number of benzene rings is 1. The number of hydrogen-bond acceptors (Lipinski definition) is 4. The number of rotatable bonds is 9. The third-order valence-corrected chi connectivity index (χ3v) is 5.32. The second-order valence-corrected chi connectivity index (χ2v) is 7.23. The van der Waals surface area contributed by atoms with Gasteiger partial charge in [0.2, 0.25) is 10.0 Å². The smallest absolute Gasteiger partial charge is 0.240 e. The Morgan fingerprint density at radius 1 is 1.29 bits per heavy atom. The van der Waals surface area contributed by atoms with Crippen LogP contribution in [-0.2, 0) is 16.6 Å². The Labute approximate surface area is 127 Å². The lowest BCUT2D eigenvalue weighted by molar-refractivity contribution is 0.329. The topological polar surface area (TPSA) is 61.4 Å². The molecule has 1 aliphatic carbocycles. The Balaban J connectivity index is 1.97. The average Bonchev–Trinajstić information content (AvgIpc) is 3.29. The molecule has 0 spiro atoms. The van der Waals surface area contributed by atoms with E-state index in [0.717, 1.165) is 18.7 Å². The van der Waals surface area contributed by atoms with Gasteiger partial charge in [0.25, 0.3) is 0 Å². The van der Waals surface area contributed by atoms with E-state index >= 15 is 0 Å². The monoisotopic (exact) mass is 311 g/mol. The predicted octanol–water partition coefficient (Wildman–Crippen LogP) is 1.17. The van der Waals surface area contributed by atoms with E-state index in [1.54, 1.807) is 12.1 Å². The van der Waals surface area contributed by atoms with E-state index in [1.165, 1.54) is 12.8 Å². The van der Waals surface area contributed by atoms with Crippen LogP contribution in [0.25, 0.3) is 0 Å². The van der Waals surface area contributed by atoms with Gasteiger partial charge in [-0.1, -0.05) is 25.1 Å². The summed E-state index contributed by atoms with van der Waals surface area (Å²) >= 11 is 0. The molecule has 1 aromatic carbocycles. The molecule has 0 amide bonds. The van der Waals surface area contributed by atoms with Crippen LogP contribution in [0, 0.1) is 0 Å². The summed E-state index contributed by atoms with van der Waals surface area (Å²) in [7, 11) is -1.39. The molecular weight excluding hydrogens is 286 g/mol. The average molecular weight is 311 g/mol. The van der Waals surface area contributed by atoms with Crippen LogP contribution in [-0.4, -0.2) is 46.0 Å².